The predicted octanol–water partition coefficient (Wildman–Crippen LogP) is 1.85. The molecule has 0 aliphatic carbocycles. The van der Waals surface area contributed by atoms with Crippen LogP contribution >= 0.6 is 0 Å². The van der Waals surface area contributed by atoms with Gasteiger partial charge in [-0.15, -0.1) is 0 Å². The molecular formula is C11H8N2O5. The van der Waals surface area contributed by atoms with Crippen LogP contribution in [-0.2, 0) is 0 Å². The maximum absolute atomic E-state index is 11.1. The van der Waals surface area contributed by atoms with Crippen molar-refractivity contribution < 1.29 is 19.6 Å². The van der Waals surface area contributed by atoms with E-state index in [1.165, 1.54) is 31.5 Å². The number of nitro benzene ring substituents is 1. The number of carbonyl (C=O) groups is 1. The molecule has 92 valence electrons. The van der Waals surface area contributed by atoms with Gasteiger partial charge < -0.3 is 9.84 Å². The molecule has 0 amide bonds. The van der Waals surface area contributed by atoms with E-state index >= 15 is 0 Å². The Morgan fingerprint density at radius 2 is 2.17 bits per heavy atom. The summed E-state index contributed by atoms with van der Waals surface area (Å²) in [6, 6.07) is 4.11. The molecule has 1 N–H and O–H groups in total. The van der Waals surface area contributed by atoms with Crippen LogP contribution in [-0.4, -0.2) is 28.1 Å². The van der Waals surface area contributed by atoms with Gasteiger partial charge in [-0.2, -0.15) is 0 Å². The predicted molar refractivity (Wildman–Crippen MR) is 61.9 cm³/mol. The Labute approximate surface area is 101 Å². The van der Waals surface area contributed by atoms with Gasteiger partial charge in [0.1, 0.15) is 5.75 Å². The fourth-order valence-corrected chi connectivity index (χ4v) is 1.75. The summed E-state index contributed by atoms with van der Waals surface area (Å²) in [6.45, 7) is 0. The van der Waals surface area contributed by atoms with E-state index in [-0.39, 0.29) is 16.8 Å². The second-order valence-electron chi connectivity index (χ2n) is 3.43. The third-order valence-electron chi connectivity index (χ3n) is 2.48. The number of carboxylic acid groups (broad SMARTS) is 1. The first-order valence-corrected chi connectivity index (χ1v) is 4.89. The minimum atomic E-state index is -1.32. The van der Waals surface area contributed by atoms with Crippen molar-refractivity contribution in [3.05, 3.63) is 40.2 Å². The fraction of sp³-hybridized carbons (Fsp3) is 0.0909. The van der Waals surface area contributed by atoms with Gasteiger partial charge in [0.25, 0.3) is 5.69 Å². The number of nitrogens with zero attached hydrogens (tertiary/aromatic N) is 2. The third-order valence-corrected chi connectivity index (χ3v) is 2.48. The van der Waals surface area contributed by atoms with Gasteiger partial charge in [-0.1, -0.05) is 0 Å². The Kier molecular flexibility index (Phi) is 2.80. The second kappa shape index (κ2) is 4.28. The molecule has 0 aliphatic rings. The SMILES string of the molecule is COc1ccc([N+](=O)[O-])c2c(C(=O)O)nccc12. The number of nitro groups is 1. The molecule has 18 heavy (non-hydrogen) atoms. The van der Waals surface area contributed by atoms with E-state index in [0.717, 1.165) is 0 Å². The number of carboxylic acids is 1. The standard InChI is InChI=1S/C11H8N2O5/c1-18-8-3-2-7(13(16)17)9-6(8)4-5-12-10(9)11(14)15/h2-5H,1H3,(H,14,15). The van der Waals surface area contributed by atoms with Crippen molar-refractivity contribution >= 4 is 22.4 Å². The highest BCUT2D eigenvalue weighted by atomic mass is 16.6. The Bertz CT molecular complexity index is 633. The number of non-ortho nitro benzene ring substituents is 1. The lowest BCUT2D eigenvalue weighted by Gasteiger charge is -2.07. The molecular weight excluding hydrogens is 240 g/mol. The van der Waals surface area contributed by atoms with Gasteiger partial charge in [0, 0.05) is 17.6 Å². The van der Waals surface area contributed by atoms with Crippen LogP contribution < -0.4 is 4.74 Å². The largest absolute Gasteiger partial charge is 0.496 e. The molecule has 0 radical (unpaired) electrons. The number of ether oxygens (including phenoxy) is 1. The second-order valence-corrected chi connectivity index (χ2v) is 3.43. The minimum absolute atomic E-state index is 0.0330. The zero-order chi connectivity index (χ0) is 13.3. The topological polar surface area (TPSA) is 103 Å². The van der Waals surface area contributed by atoms with Crippen LogP contribution in [0.1, 0.15) is 10.5 Å². The monoisotopic (exact) mass is 248 g/mol. The number of pyridine rings is 1. The summed E-state index contributed by atoms with van der Waals surface area (Å²) in [5, 5.41) is 20.3. The molecule has 2 aromatic rings. The van der Waals surface area contributed by atoms with Crippen LogP contribution in [0.15, 0.2) is 24.4 Å². The minimum Gasteiger partial charge on any atom is -0.496 e. The van der Waals surface area contributed by atoms with E-state index in [1.807, 2.05) is 0 Å². The molecule has 1 aromatic heterocycles. The first-order chi connectivity index (χ1) is 8.56. The molecule has 0 spiro atoms. The number of rotatable bonds is 3. The van der Waals surface area contributed by atoms with Gasteiger partial charge in [0.15, 0.2) is 5.69 Å². The van der Waals surface area contributed by atoms with Gasteiger partial charge in [-0.05, 0) is 12.1 Å². The number of hydrogen-bond acceptors (Lipinski definition) is 5. The van der Waals surface area contributed by atoms with Crippen molar-refractivity contribution in [3.63, 3.8) is 0 Å². The normalized spacial score (nSPS) is 10.3. The number of fused-ring (bicyclic) bond motifs is 1. The zero-order valence-electron chi connectivity index (χ0n) is 9.28. The van der Waals surface area contributed by atoms with Crippen molar-refractivity contribution in [1.29, 1.82) is 0 Å². The van der Waals surface area contributed by atoms with Gasteiger partial charge in [-0.25, -0.2) is 9.78 Å². The lowest BCUT2D eigenvalue weighted by Crippen LogP contribution is -2.03. The van der Waals surface area contributed by atoms with E-state index in [1.54, 1.807) is 0 Å². The van der Waals surface area contributed by atoms with Gasteiger partial charge in [-0.3, -0.25) is 10.1 Å². The smallest absolute Gasteiger partial charge is 0.355 e. The molecule has 1 heterocycles. The van der Waals surface area contributed by atoms with E-state index in [4.69, 9.17) is 9.84 Å². The number of aromatic nitrogens is 1. The summed E-state index contributed by atoms with van der Waals surface area (Å²) in [5.74, 6) is -0.961. The number of methoxy groups -OCH3 is 1. The van der Waals surface area contributed by atoms with Crippen LogP contribution in [0.5, 0.6) is 5.75 Å². The first kappa shape index (κ1) is 11.8. The average Bonchev–Trinajstić information content (AvgIpc) is 2.36. The summed E-state index contributed by atoms with van der Waals surface area (Å²) in [4.78, 5) is 25.0. The molecule has 2 rings (SSSR count). The van der Waals surface area contributed by atoms with Gasteiger partial charge in [0.05, 0.1) is 17.4 Å². The summed E-state index contributed by atoms with van der Waals surface area (Å²) >= 11 is 0. The molecule has 7 nitrogen and oxygen atoms in total. The van der Waals surface area contributed by atoms with E-state index in [9.17, 15) is 14.9 Å². The molecule has 0 aliphatic heterocycles. The highest BCUT2D eigenvalue weighted by molar-refractivity contribution is 6.07. The Morgan fingerprint density at radius 1 is 1.44 bits per heavy atom. The lowest BCUT2D eigenvalue weighted by molar-refractivity contribution is -0.383. The van der Waals surface area contributed by atoms with E-state index in [2.05, 4.69) is 4.98 Å². The van der Waals surface area contributed by atoms with Crippen LogP contribution in [0.3, 0.4) is 0 Å². The third kappa shape index (κ3) is 1.71. The fourth-order valence-electron chi connectivity index (χ4n) is 1.75. The maximum Gasteiger partial charge on any atom is 0.355 e. The summed E-state index contributed by atoms with van der Waals surface area (Å²) in [7, 11) is 1.40. The maximum atomic E-state index is 11.1. The number of benzene rings is 1. The number of aromatic carboxylic acids is 1. The molecule has 0 unspecified atom stereocenters. The summed E-state index contributed by atoms with van der Waals surface area (Å²) < 4.78 is 5.05. The van der Waals surface area contributed by atoms with Crippen molar-refractivity contribution in [1.82, 2.24) is 4.98 Å². The van der Waals surface area contributed by atoms with Crippen LogP contribution in [0, 0.1) is 10.1 Å². The Hall–Kier alpha value is -2.70. The molecule has 0 fully saturated rings. The highest BCUT2D eigenvalue weighted by Gasteiger charge is 2.22. The van der Waals surface area contributed by atoms with E-state index < -0.39 is 10.9 Å². The summed E-state index contributed by atoms with van der Waals surface area (Å²) in [6.07, 6.45) is 1.28. The average molecular weight is 248 g/mol. The van der Waals surface area contributed by atoms with Gasteiger partial charge in [0.2, 0.25) is 0 Å². The van der Waals surface area contributed by atoms with Crippen LogP contribution in [0.4, 0.5) is 5.69 Å². The first-order valence-electron chi connectivity index (χ1n) is 4.89. The van der Waals surface area contributed by atoms with Crippen LogP contribution in [0.2, 0.25) is 0 Å². The molecule has 0 saturated carbocycles. The van der Waals surface area contributed by atoms with Crippen molar-refractivity contribution in [2.24, 2.45) is 0 Å². The quantitative estimate of drug-likeness (QED) is 0.656. The van der Waals surface area contributed by atoms with Crippen molar-refractivity contribution in [2.45, 2.75) is 0 Å². The lowest BCUT2D eigenvalue weighted by atomic mass is 10.1. The van der Waals surface area contributed by atoms with Crippen LogP contribution in [0.25, 0.3) is 10.8 Å². The summed E-state index contributed by atoms with van der Waals surface area (Å²) in [5.41, 5.74) is -0.672. The van der Waals surface area contributed by atoms with Crippen molar-refractivity contribution in [3.8, 4) is 5.75 Å². The van der Waals surface area contributed by atoms with Gasteiger partial charge >= 0.3 is 5.97 Å². The molecule has 0 bridgehead atoms. The Balaban J connectivity index is 2.96. The molecule has 1 aromatic carbocycles. The molecule has 0 saturated heterocycles. The zero-order valence-corrected chi connectivity index (χ0v) is 9.28. The number of hydrogen-bond donors (Lipinski definition) is 1. The van der Waals surface area contributed by atoms with E-state index in [0.29, 0.717) is 11.1 Å². The highest BCUT2D eigenvalue weighted by Crippen LogP contribution is 2.34. The molecule has 7 heteroatoms. The van der Waals surface area contributed by atoms with Crippen molar-refractivity contribution in [2.75, 3.05) is 7.11 Å². The molecule has 0 atom stereocenters. The Morgan fingerprint density at radius 3 is 2.72 bits per heavy atom.